The molecule has 0 spiro atoms. The van der Waals surface area contributed by atoms with Crippen LogP contribution in [0.4, 0.5) is 5.69 Å². The molecule has 0 aliphatic carbocycles. The molecule has 5 heteroatoms. The summed E-state index contributed by atoms with van der Waals surface area (Å²) in [6.45, 7) is 5.47. The Balaban J connectivity index is 3.34. The van der Waals surface area contributed by atoms with Crippen molar-refractivity contribution in [3.63, 3.8) is 0 Å². The smallest absolute Gasteiger partial charge is 0.273 e. The van der Waals surface area contributed by atoms with Crippen molar-refractivity contribution in [1.29, 1.82) is 0 Å². The zero-order chi connectivity index (χ0) is 13.2. The Morgan fingerprint density at radius 3 is 2.35 bits per heavy atom. The number of hydrogen-bond acceptors (Lipinski definition) is 3. The second-order valence-electron chi connectivity index (χ2n) is 4.47. The molecule has 2 atom stereocenters. The van der Waals surface area contributed by atoms with Gasteiger partial charge in [0, 0.05) is 22.6 Å². The summed E-state index contributed by atoms with van der Waals surface area (Å²) in [5.74, 6) is -0.207. The summed E-state index contributed by atoms with van der Waals surface area (Å²) >= 11 is 5.87. The summed E-state index contributed by atoms with van der Waals surface area (Å²) in [5.41, 5.74) is 0.501. The van der Waals surface area contributed by atoms with Crippen LogP contribution in [0.15, 0.2) is 18.2 Å². The largest absolute Gasteiger partial charge is 0.393 e. The molecule has 0 saturated carbocycles. The molecule has 1 aromatic rings. The topological polar surface area (TPSA) is 63.4 Å². The standard InChI is InChI=1S/C12H16ClNO3/c1-7(2)12(8(3)15)10-6-9(13)4-5-11(10)14(16)17/h4-8,12,15H,1-3H3. The lowest BCUT2D eigenvalue weighted by Crippen LogP contribution is -2.21. The lowest BCUT2D eigenvalue weighted by molar-refractivity contribution is -0.385. The SMILES string of the molecule is CC(C)C(c1cc(Cl)ccc1[N+](=O)[O-])C(C)O. The summed E-state index contributed by atoms with van der Waals surface area (Å²) in [6.07, 6.45) is -0.660. The second kappa shape index (κ2) is 5.47. The fourth-order valence-electron chi connectivity index (χ4n) is 2.13. The van der Waals surface area contributed by atoms with Gasteiger partial charge in [-0.05, 0) is 25.0 Å². The van der Waals surface area contributed by atoms with Gasteiger partial charge in [-0.1, -0.05) is 25.4 Å². The summed E-state index contributed by atoms with van der Waals surface area (Å²) in [4.78, 5) is 10.5. The van der Waals surface area contributed by atoms with Gasteiger partial charge in [-0.3, -0.25) is 10.1 Å². The van der Waals surface area contributed by atoms with Gasteiger partial charge in [0.1, 0.15) is 0 Å². The zero-order valence-corrected chi connectivity index (χ0v) is 10.8. The van der Waals surface area contributed by atoms with Crippen molar-refractivity contribution in [3.8, 4) is 0 Å². The second-order valence-corrected chi connectivity index (χ2v) is 4.91. The number of nitro benzene ring substituents is 1. The van der Waals surface area contributed by atoms with E-state index in [1.54, 1.807) is 13.0 Å². The molecule has 1 aromatic carbocycles. The van der Waals surface area contributed by atoms with Crippen molar-refractivity contribution >= 4 is 17.3 Å². The van der Waals surface area contributed by atoms with Gasteiger partial charge < -0.3 is 5.11 Å². The van der Waals surface area contributed by atoms with E-state index in [2.05, 4.69) is 0 Å². The van der Waals surface area contributed by atoms with Crippen LogP contribution in [0, 0.1) is 16.0 Å². The number of halogens is 1. The fourth-order valence-corrected chi connectivity index (χ4v) is 2.32. The first kappa shape index (κ1) is 13.9. The van der Waals surface area contributed by atoms with Gasteiger partial charge in [0.2, 0.25) is 0 Å². The zero-order valence-electron chi connectivity index (χ0n) is 10.1. The number of rotatable bonds is 4. The van der Waals surface area contributed by atoms with Crippen LogP contribution >= 0.6 is 11.6 Å². The monoisotopic (exact) mass is 257 g/mol. The highest BCUT2D eigenvalue weighted by molar-refractivity contribution is 6.30. The Labute approximate surface area is 105 Å². The molecule has 0 fully saturated rings. The summed E-state index contributed by atoms with van der Waals surface area (Å²) in [6, 6.07) is 4.44. The van der Waals surface area contributed by atoms with E-state index in [4.69, 9.17) is 11.6 Å². The van der Waals surface area contributed by atoms with Gasteiger partial charge in [0.25, 0.3) is 5.69 Å². The summed E-state index contributed by atoms with van der Waals surface area (Å²) < 4.78 is 0. The van der Waals surface area contributed by atoms with Gasteiger partial charge in [-0.2, -0.15) is 0 Å². The summed E-state index contributed by atoms with van der Waals surface area (Å²) in [7, 11) is 0. The Hall–Kier alpha value is -1.13. The molecule has 0 aliphatic heterocycles. The van der Waals surface area contributed by atoms with Crippen molar-refractivity contribution in [2.24, 2.45) is 5.92 Å². The fraction of sp³-hybridized carbons (Fsp3) is 0.500. The van der Waals surface area contributed by atoms with Gasteiger partial charge >= 0.3 is 0 Å². The van der Waals surface area contributed by atoms with Crippen LogP contribution in [-0.2, 0) is 0 Å². The maximum absolute atomic E-state index is 11.0. The first-order chi connectivity index (χ1) is 7.84. The summed E-state index contributed by atoms with van der Waals surface area (Å²) in [5, 5.41) is 21.2. The van der Waals surface area contributed by atoms with Gasteiger partial charge in [-0.25, -0.2) is 0 Å². The first-order valence-corrected chi connectivity index (χ1v) is 5.84. The predicted octanol–water partition coefficient (Wildman–Crippen LogP) is 3.37. The van der Waals surface area contributed by atoms with Crippen LogP contribution in [0.3, 0.4) is 0 Å². The van der Waals surface area contributed by atoms with Gasteiger partial charge in [-0.15, -0.1) is 0 Å². The quantitative estimate of drug-likeness (QED) is 0.664. The third kappa shape index (κ3) is 3.17. The number of benzene rings is 1. The van der Waals surface area contributed by atoms with Crippen LogP contribution in [0.2, 0.25) is 5.02 Å². The molecule has 94 valence electrons. The lowest BCUT2D eigenvalue weighted by atomic mass is 9.83. The predicted molar refractivity (Wildman–Crippen MR) is 67.4 cm³/mol. The van der Waals surface area contributed by atoms with Crippen molar-refractivity contribution < 1.29 is 10.0 Å². The Morgan fingerprint density at radius 2 is 1.94 bits per heavy atom. The molecule has 17 heavy (non-hydrogen) atoms. The van der Waals surface area contributed by atoms with E-state index in [1.165, 1.54) is 12.1 Å². The number of hydrogen-bond donors (Lipinski definition) is 1. The Kier molecular flexibility index (Phi) is 4.48. The third-order valence-corrected chi connectivity index (χ3v) is 3.02. The van der Waals surface area contributed by atoms with E-state index in [9.17, 15) is 15.2 Å². The minimum absolute atomic E-state index is 0.00833. The van der Waals surface area contributed by atoms with E-state index < -0.39 is 11.0 Å². The average molecular weight is 258 g/mol. The minimum atomic E-state index is -0.660. The molecule has 4 nitrogen and oxygen atoms in total. The first-order valence-electron chi connectivity index (χ1n) is 5.46. The highest BCUT2D eigenvalue weighted by atomic mass is 35.5. The van der Waals surface area contributed by atoms with Crippen molar-refractivity contribution in [3.05, 3.63) is 38.9 Å². The molecule has 1 rings (SSSR count). The van der Waals surface area contributed by atoms with Gasteiger partial charge in [0.15, 0.2) is 0 Å². The van der Waals surface area contributed by atoms with Crippen molar-refractivity contribution in [2.75, 3.05) is 0 Å². The molecule has 0 aromatic heterocycles. The van der Waals surface area contributed by atoms with E-state index in [0.717, 1.165) is 0 Å². The lowest BCUT2D eigenvalue weighted by Gasteiger charge is -2.24. The molecule has 0 bridgehead atoms. The number of aliphatic hydroxyl groups excluding tert-OH is 1. The van der Waals surface area contributed by atoms with Gasteiger partial charge in [0.05, 0.1) is 11.0 Å². The van der Waals surface area contributed by atoms with Crippen LogP contribution in [0.5, 0.6) is 0 Å². The van der Waals surface area contributed by atoms with Crippen LogP contribution in [0.1, 0.15) is 32.3 Å². The van der Waals surface area contributed by atoms with Crippen molar-refractivity contribution in [2.45, 2.75) is 32.8 Å². The highest BCUT2D eigenvalue weighted by Crippen LogP contribution is 2.35. The Morgan fingerprint density at radius 1 is 1.35 bits per heavy atom. The molecule has 0 saturated heterocycles. The molecule has 0 heterocycles. The van der Waals surface area contributed by atoms with E-state index >= 15 is 0 Å². The van der Waals surface area contributed by atoms with E-state index in [-0.39, 0.29) is 17.5 Å². The van der Waals surface area contributed by atoms with Crippen molar-refractivity contribution in [1.82, 2.24) is 0 Å². The third-order valence-electron chi connectivity index (χ3n) is 2.78. The normalized spacial score (nSPS) is 14.7. The maximum Gasteiger partial charge on any atom is 0.273 e. The highest BCUT2D eigenvalue weighted by Gasteiger charge is 2.28. The maximum atomic E-state index is 11.0. The number of nitrogens with zero attached hydrogens (tertiary/aromatic N) is 1. The molecule has 0 aliphatic rings. The van der Waals surface area contributed by atoms with Crippen LogP contribution < -0.4 is 0 Å². The molecular weight excluding hydrogens is 242 g/mol. The number of aliphatic hydroxyl groups is 1. The van der Waals surface area contributed by atoms with E-state index in [1.807, 2.05) is 13.8 Å². The van der Waals surface area contributed by atoms with Crippen LogP contribution in [-0.4, -0.2) is 16.1 Å². The minimum Gasteiger partial charge on any atom is -0.393 e. The molecular formula is C12H16ClNO3. The molecule has 0 amide bonds. The molecule has 1 N–H and O–H groups in total. The average Bonchev–Trinajstić information content (AvgIpc) is 2.15. The number of nitro groups is 1. The molecule has 2 unspecified atom stereocenters. The van der Waals surface area contributed by atoms with E-state index in [0.29, 0.717) is 10.6 Å². The molecule has 0 radical (unpaired) electrons. The Bertz CT molecular complexity index is 410. The van der Waals surface area contributed by atoms with Crippen LogP contribution in [0.25, 0.3) is 0 Å².